The van der Waals surface area contributed by atoms with Crippen molar-refractivity contribution in [3.63, 3.8) is 0 Å². The third-order valence-electron chi connectivity index (χ3n) is 3.84. The average molecular weight is 312 g/mol. The highest BCUT2D eigenvalue weighted by Gasteiger charge is 2.37. The topological polar surface area (TPSA) is 90.2 Å². The summed E-state index contributed by atoms with van der Waals surface area (Å²) in [5.74, 6) is -0.873. The van der Waals surface area contributed by atoms with E-state index >= 15 is 0 Å². The maximum Gasteiger partial charge on any atom is 0.242 e. The Morgan fingerprint density at radius 3 is 2.57 bits per heavy atom. The van der Waals surface area contributed by atoms with Crippen LogP contribution in [0.4, 0.5) is 4.39 Å². The van der Waals surface area contributed by atoms with E-state index in [9.17, 15) is 17.9 Å². The zero-order valence-corrected chi connectivity index (χ0v) is 12.3. The number of aliphatic hydroxyl groups excluding tert-OH is 1. The molecule has 0 saturated heterocycles. The first kappa shape index (κ1) is 15.9. The SMILES string of the molecule is N#Cc1c(F)cccc1S(=O)(=O)NC1(CO)CCCCC1. The van der Waals surface area contributed by atoms with Crippen LogP contribution in [0.25, 0.3) is 0 Å². The smallest absolute Gasteiger partial charge is 0.242 e. The Morgan fingerprint density at radius 2 is 2.00 bits per heavy atom. The summed E-state index contributed by atoms with van der Waals surface area (Å²) in [7, 11) is -4.07. The molecule has 7 heteroatoms. The van der Waals surface area contributed by atoms with Crippen molar-refractivity contribution in [3.05, 3.63) is 29.6 Å². The van der Waals surface area contributed by atoms with Crippen LogP contribution in [0.2, 0.25) is 0 Å². The summed E-state index contributed by atoms with van der Waals surface area (Å²) in [5.41, 5.74) is -1.43. The molecule has 0 amide bonds. The van der Waals surface area contributed by atoms with E-state index in [1.807, 2.05) is 0 Å². The summed E-state index contributed by atoms with van der Waals surface area (Å²) in [5, 5.41) is 18.5. The molecule has 2 N–H and O–H groups in total. The summed E-state index contributed by atoms with van der Waals surface area (Å²) in [4.78, 5) is -0.386. The van der Waals surface area contributed by atoms with Crippen molar-refractivity contribution in [2.24, 2.45) is 0 Å². The molecule has 1 aromatic rings. The van der Waals surface area contributed by atoms with Crippen molar-refractivity contribution in [2.45, 2.75) is 42.5 Å². The Morgan fingerprint density at radius 1 is 1.33 bits per heavy atom. The molecule has 21 heavy (non-hydrogen) atoms. The Hall–Kier alpha value is -1.49. The highest BCUT2D eigenvalue weighted by molar-refractivity contribution is 7.89. The Bertz CT molecular complexity index is 661. The van der Waals surface area contributed by atoms with Gasteiger partial charge in [0.2, 0.25) is 10.0 Å². The zero-order valence-electron chi connectivity index (χ0n) is 11.5. The third-order valence-corrected chi connectivity index (χ3v) is 5.46. The van der Waals surface area contributed by atoms with E-state index in [4.69, 9.17) is 5.26 Å². The first-order valence-electron chi connectivity index (χ1n) is 6.78. The minimum Gasteiger partial charge on any atom is -0.394 e. The van der Waals surface area contributed by atoms with Crippen molar-refractivity contribution < 1.29 is 17.9 Å². The Labute approximate surface area is 123 Å². The first-order valence-corrected chi connectivity index (χ1v) is 8.26. The van der Waals surface area contributed by atoms with Crippen LogP contribution < -0.4 is 4.72 Å². The second kappa shape index (κ2) is 6.10. The predicted molar refractivity (Wildman–Crippen MR) is 74.3 cm³/mol. The fourth-order valence-corrected chi connectivity index (χ4v) is 4.32. The highest BCUT2D eigenvalue weighted by Crippen LogP contribution is 2.30. The molecule has 0 atom stereocenters. The molecule has 1 aliphatic carbocycles. The van der Waals surface area contributed by atoms with Crippen LogP contribution in [0.1, 0.15) is 37.7 Å². The van der Waals surface area contributed by atoms with Crippen LogP contribution in [0, 0.1) is 17.1 Å². The van der Waals surface area contributed by atoms with Crippen LogP contribution in [-0.4, -0.2) is 25.7 Å². The van der Waals surface area contributed by atoms with Gasteiger partial charge in [-0.3, -0.25) is 0 Å². The molecule has 0 bridgehead atoms. The van der Waals surface area contributed by atoms with Gasteiger partial charge in [0.15, 0.2) is 0 Å². The van der Waals surface area contributed by atoms with Crippen molar-refractivity contribution in [1.82, 2.24) is 4.72 Å². The lowest BCUT2D eigenvalue weighted by Crippen LogP contribution is -2.52. The standard InChI is InChI=1S/C14H17FN2O3S/c15-12-5-4-6-13(11(12)9-16)21(19,20)17-14(10-18)7-2-1-3-8-14/h4-6,17-18H,1-3,7-8,10H2. The molecule has 1 aliphatic rings. The molecular formula is C14H17FN2O3S. The van der Waals surface area contributed by atoms with Gasteiger partial charge >= 0.3 is 0 Å². The lowest BCUT2D eigenvalue weighted by Gasteiger charge is -2.36. The van der Waals surface area contributed by atoms with E-state index in [0.29, 0.717) is 12.8 Å². The van der Waals surface area contributed by atoms with E-state index in [-0.39, 0.29) is 11.5 Å². The Kier molecular flexibility index (Phi) is 4.61. The number of hydrogen-bond acceptors (Lipinski definition) is 4. The number of sulfonamides is 1. The van der Waals surface area contributed by atoms with E-state index in [0.717, 1.165) is 25.3 Å². The molecule has 0 aliphatic heterocycles. The number of nitrogens with one attached hydrogen (secondary N) is 1. The number of benzene rings is 1. The molecule has 0 unspecified atom stereocenters. The van der Waals surface area contributed by atoms with Gasteiger partial charge in [-0.15, -0.1) is 0 Å². The quantitative estimate of drug-likeness (QED) is 0.885. The number of rotatable bonds is 4. The van der Waals surface area contributed by atoms with Crippen molar-refractivity contribution >= 4 is 10.0 Å². The van der Waals surface area contributed by atoms with Gasteiger partial charge in [-0.2, -0.15) is 5.26 Å². The highest BCUT2D eigenvalue weighted by atomic mass is 32.2. The molecule has 2 rings (SSSR count). The fourth-order valence-electron chi connectivity index (χ4n) is 2.70. The van der Waals surface area contributed by atoms with E-state index in [1.165, 1.54) is 12.1 Å². The van der Waals surface area contributed by atoms with Gasteiger partial charge in [0.05, 0.1) is 12.1 Å². The normalized spacial score (nSPS) is 18.1. The number of aliphatic hydroxyl groups is 1. The lowest BCUT2D eigenvalue weighted by molar-refractivity contribution is 0.142. The molecule has 0 aromatic heterocycles. The summed E-state index contributed by atoms with van der Waals surface area (Å²) in [6.45, 7) is -0.316. The number of hydrogen-bond donors (Lipinski definition) is 2. The Balaban J connectivity index is 2.39. The van der Waals surface area contributed by atoms with Gasteiger partial charge in [0, 0.05) is 0 Å². The molecule has 0 heterocycles. The van der Waals surface area contributed by atoms with Gasteiger partial charge in [-0.05, 0) is 25.0 Å². The van der Waals surface area contributed by atoms with Crippen molar-refractivity contribution in [2.75, 3.05) is 6.61 Å². The molecule has 1 saturated carbocycles. The summed E-state index contributed by atoms with van der Waals surface area (Å²) in [6, 6.07) is 5.06. The van der Waals surface area contributed by atoms with Crippen LogP contribution in [0.3, 0.4) is 0 Å². The van der Waals surface area contributed by atoms with Crippen LogP contribution in [0.15, 0.2) is 23.1 Å². The second-order valence-corrected chi connectivity index (χ2v) is 6.98. The maximum absolute atomic E-state index is 13.6. The predicted octanol–water partition coefficient (Wildman–Crippen LogP) is 1.67. The van der Waals surface area contributed by atoms with Crippen LogP contribution >= 0.6 is 0 Å². The second-order valence-electron chi connectivity index (χ2n) is 5.33. The number of halogens is 1. The van der Waals surface area contributed by atoms with Gasteiger partial charge in [0.1, 0.15) is 22.3 Å². The monoisotopic (exact) mass is 312 g/mol. The minimum atomic E-state index is -4.07. The molecule has 0 radical (unpaired) electrons. The van der Waals surface area contributed by atoms with E-state index in [2.05, 4.69) is 4.72 Å². The number of nitrogens with zero attached hydrogens (tertiary/aromatic N) is 1. The third kappa shape index (κ3) is 3.23. The maximum atomic E-state index is 13.6. The minimum absolute atomic E-state index is 0.316. The molecule has 0 spiro atoms. The molecular weight excluding hydrogens is 295 g/mol. The first-order chi connectivity index (χ1) is 9.94. The van der Waals surface area contributed by atoms with Gasteiger partial charge in [0.25, 0.3) is 0 Å². The van der Waals surface area contributed by atoms with Crippen LogP contribution in [0.5, 0.6) is 0 Å². The van der Waals surface area contributed by atoms with Gasteiger partial charge in [-0.25, -0.2) is 17.5 Å². The van der Waals surface area contributed by atoms with E-state index in [1.54, 1.807) is 6.07 Å². The average Bonchev–Trinajstić information content (AvgIpc) is 2.47. The van der Waals surface area contributed by atoms with Gasteiger partial charge < -0.3 is 5.11 Å². The van der Waals surface area contributed by atoms with E-state index < -0.39 is 26.9 Å². The summed E-state index contributed by atoms with van der Waals surface area (Å²) < 4.78 is 41.0. The fraction of sp³-hybridized carbons (Fsp3) is 0.500. The van der Waals surface area contributed by atoms with Crippen LogP contribution in [-0.2, 0) is 10.0 Å². The van der Waals surface area contributed by atoms with Crippen molar-refractivity contribution in [1.29, 1.82) is 5.26 Å². The number of nitriles is 1. The van der Waals surface area contributed by atoms with Gasteiger partial charge in [-0.1, -0.05) is 25.3 Å². The zero-order chi connectivity index (χ0) is 15.5. The molecule has 1 aromatic carbocycles. The summed E-state index contributed by atoms with van der Waals surface area (Å²) in [6.07, 6.45) is 3.68. The molecule has 5 nitrogen and oxygen atoms in total. The molecule has 1 fully saturated rings. The molecule has 114 valence electrons. The largest absolute Gasteiger partial charge is 0.394 e. The lowest BCUT2D eigenvalue weighted by atomic mass is 9.83. The van der Waals surface area contributed by atoms with Crippen molar-refractivity contribution in [3.8, 4) is 6.07 Å². The summed E-state index contributed by atoms with van der Waals surface area (Å²) >= 11 is 0.